The molecule has 19 heavy (non-hydrogen) atoms. The molecule has 0 bridgehead atoms. The molecule has 4 heteroatoms. The molecule has 0 fully saturated rings. The van der Waals surface area contributed by atoms with Crippen LogP contribution in [0.25, 0.3) is 21.2 Å². The first-order valence-corrected chi connectivity index (χ1v) is 6.72. The fourth-order valence-electron chi connectivity index (χ4n) is 2.27. The number of carbonyl (C=O) groups excluding carboxylic acids is 1. The Morgan fingerprint density at radius 3 is 2.63 bits per heavy atom. The molecule has 94 valence electrons. The molecule has 0 spiro atoms. The van der Waals surface area contributed by atoms with Crippen molar-refractivity contribution in [2.24, 2.45) is 5.73 Å². The van der Waals surface area contributed by atoms with Gasteiger partial charge in [0.2, 0.25) is 0 Å². The number of benzene rings is 1. The van der Waals surface area contributed by atoms with Crippen molar-refractivity contribution in [2.45, 2.75) is 6.92 Å². The smallest absolute Gasteiger partial charge is 0.259 e. The molecule has 2 aromatic heterocycles. The number of fused-ring (bicyclic) bond motifs is 1. The summed E-state index contributed by atoms with van der Waals surface area (Å²) in [5.41, 5.74) is 8.51. The fourth-order valence-corrected chi connectivity index (χ4v) is 3.39. The van der Waals surface area contributed by atoms with Crippen LogP contribution >= 0.6 is 11.3 Å². The van der Waals surface area contributed by atoms with Gasteiger partial charge in [-0.15, -0.1) is 11.3 Å². The van der Waals surface area contributed by atoms with Crippen molar-refractivity contribution >= 4 is 27.3 Å². The van der Waals surface area contributed by atoms with Crippen molar-refractivity contribution in [1.82, 2.24) is 4.98 Å². The van der Waals surface area contributed by atoms with Crippen LogP contribution in [0, 0.1) is 6.92 Å². The largest absolute Gasteiger partial charge is 0.365 e. The average Bonchev–Trinajstić information content (AvgIpc) is 2.81. The summed E-state index contributed by atoms with van der Waals surface area (Å²) >= 11 is 1.40. The highest BCUT2D eigenvalue weighted by molar-refractivity contribution is 7.21. The number of hydrogen-bond acceptors (Lipinski definition) is 3. The number of nitrogens with two attached hydrogens (primary N) is 1. The molecule has 0 saturated heterocycles. The molecule has 3 aromatic rings. The van der Waals surface area contributed by atoms with Gasteiger partial charge in [0.25, 0.3) is 5.91 Å². The first kappa shape index (κ1) is 11.9. The van der Waals surface area contributed by atoms with Crippen LogP contribution in [0.5, 0.6) is 0 Å². The molecule has 3 nitrogen and oxygen atoms in total. The Kier molecular flexibility index (Phi) is 2.80. The van der Waals surface area contributed by atoms with Gasteiger partial charge < -0.3 is 5.73 Å². The number of carbonyl (C=O) groups is 1. The van der Waals surface area contributed by atoms with Crippen molar-refractivity contribution in [2.75, 3.05) is 0 Å². The second-order valence-electron chi connectivity index (χ2n) is 4.37. The zero-order valence-electron chi connectivity index (χ0n) is 10.4. The number of primary amides is 1. The summed E-state index contributed by atoms with van der Waals surface area (Å²) in [6, 6.07) is 9.86. The Labute approximate surface area is 114 Å². The molecule has 1 aromatic carbocycles. The van der Waals surface area contributed by atoms with Gasteiger partial charge in [-0.05, 0) is 18.1 Å². The summed E-state index contributed by atoms with van der Waals surface area (Å²) in [4.78, 5) is 16.5. The number of aromatic nitrogens is 1. The quantitative estimate of drug-likeness (QED) is 0.774. The molecular formula is C15H12N2OS. The highest BCUT2D eigenvalue weighted by Gasteiger charge is 2.19. The van der Waals surface area contributed by atoms with Gasteiger partial charge in [0.1, 0.15) is 4.88 Å². The van der Waals surface area contributed by atoms with Gasteiger partial charge in [-0.1, -0.05) is 30.3 Å². The average molecular weight is 268 g/mol. The normalized spacial score (nSPS) is 10.8. The predicted octanol–water partition coefficient (Wildman–Crippen LogP) is 3.37. The topological polar surface area (TPSA) is 56.0 Å². The molecule has 3 rings (SSSR count). The Hall–Kier alpha value is -2.20. The van der Waals surface area contributed by atoms with Crippen molar-refractivity contribution in [3.8, 4) is 11.1 Å². The zero-order chi connectivity index (χ0) is 13.4. The fraction of sp³-hybridized carbons (Fsp3) is 0.0667. The van der Waals surface area contributed by atoms with Gasteiger partial charge in [-0.2, -0.15) is 0 Å². The van der Waals surface area contributed by atoms with Crippen molar-refractivity contribution in [3.05, 3.63) is 53.2 Å². The molecule has 2 N–H and O–H groups in total. The molecule has 1 amide bonds. The molecule has 0 aliphatic rings. The highest BCUT2D eigenvalue weighted by atomic mass is 32.1. The summed E-state index contributed by atoms with van der Waals surface area (Å²) in [5.74, 6) is -0.389. The van der Waals surface area contributed by atoms with Crippen LogP contribution in [-0.2, 0) is 0 Å². The number of amides is 1. The number of pyridine rings is 1. The molecule has 0 aliphatic carbocycles. The summed E-state index contributed by atoms with van der Waals surface area (Å²) < 4.78 is 0.993. The van der Waals surface area contributed by atoms with E-state index in [1.165, 1.54) is 11.3 Å². The van der Waals surface area contributed by atoms with E-state index in [9.17, 15) is 4.79 Å². The Bertz CT molecular complexity index is 762. The van der Waals surface area contributed by atoms with Crippen LogP contribution in [0.2, 0.25) is 0 Å². The van der Waals surface area contributed by atoms with Gasteiger partial charge in [-0.3, -0.25) is 9.78 Å². The number of aryl methyl sites for hydroxylation is 1. The van der Waals surface area contributed by atoms with E-state index in [0.717, 1.165) is 26.8 Å². The van der Waals surface area contributed by atoms with E-state index in [1.807, 2.05) is 43.5 Å². The standard InChI is InChI=1S/C15H12N2OS/c1-9-7-17-8-11-12(9)13(14(19-11)15(16)18)10-5-3-2-4-6-10/h2-8H,1H3,(H2,16,18). The van der Waals surface area contributed by atoms with Crippen LogP contribution in [0.15, 0.2) is 42.7 Å². The SMILES string of the molecule is Cc1cncc2sc(C(N)=O)c(-c3ccccc3)c12. The van der Waals surface area contributed by atoms with E-state index in [-0.39, 0.29) is 5.91 Å². The Balaban J connectivity index is 2.44. The maximum Gasteiger partial charge on any atom is 0.259 e. The number of rotatable bonds is 2. The highest BCUT2D eigenvalue weighted by Crippen LogP contribution is 2.39. The lowest BCUT2D eigenvalue weighted by atomic mass is 10.00. The second-order valence-corrected chi connectivity index (χ2v) is 5.42. The minimum Gasteiger partial charge on any atom is -0.365 e. The third-order valence-electron chi connectivity index (χ3n) is 3.08. The summed E-state index contributed by atoms with van der Waals surface area (Å²) in [6.45, 7) is 2.00. The second kappa shape index (κ2) is 4.48. The number of nitrogens with zero attached hydrogens (tertiary/aromatic N) is 1. The third kappa shape index (κ3) is 1.90. The molecule has 0 unspecified atom stereocenters. The van der Waals surface area contributed by atoms with Crippen molar-refractivity contribution in [3.63, 3.8) is 0 Å². The van der Waals surface area contributed by atoms with Gasteiger partial charge in [0.05, 0.1) is 4.70 Å². The van der Waals surface area contributed by atoms with Gasteiger partial charge in [0, 0.05) is 23.3 Å². The van der Waals surface area contributed by atoms with Crippen LogP contribution in [0.4, 0.5) is 0 Å². The number of hydrogen-bond donors (Lipinski definition) is 1. The van der Waals surface area contributed by atoms with E-state index in [2.05, 4.69) is 4.98 Å². The van der Waals surface area contributed by atoms with Crippen LogP contribution in [0.1, 0.15) is 15.2 Å². The van der Waals surface area contributed by atoms with E-state index in [4.69, 9.17) is 5.73 Å². The van der Waals surface area contributed by atoms with Gasteiger partial charge in [-0.25, -0.2) is 0 Å². The van der Waals surface area contributed by atoms with Gasteiger partial charge >= 0.3 is 0 Å². The maximum absolute atomic E-state index is 11.7. The lowest BCUT2D eigenvalue weighted by Gasteiger charge is -2.04. The third-order valence-corrected chi connectivity index (χ3v) is 4.21. The van der Waals surface area contributed by atoms with Gasteiger partial charge in [0.15, 0.2) is 0 Å². The first-order valence-electron chi connectivity index (χ1n) is 5.91. The summed E-state index contributed by atoms with van der Waals surface area (Å²) in [5, 5.41) is 1.07. The monoisotopic (exact) mass is 268 g/mol. The molecule has 0 saturated carbocycles. The minimum absolute atomic E-state index is 0.389. The zero-order valence-corrected chi connectivity index (χ0v) is 11.2. The first-order chi connectivity index (χ1) is 9.18. The lowest BCUT2D eigenvalue weighted by Crippen LogP contribution is -2.09. The van der Waals surface area contributed by atoms with E-state index >= 15 is 0 Å². The van der Waals surface area contributed by atoms with Crippen molar-refractivity contribution in [1.29, 1.82) is 0 Å². The molecular weight excluding hydrogens is 256 g/mol. The van der Waals surface area contributed by atoms with Crippen LogP contribution < -0.4 is 5.73 Å². The van der Waals surface area contributed by atoms with Crippen molar-refractivity contribution < 1.29 is 4.79 Å². The van der Waals surface area contributed by atoms with E-state index in [1.54, 1.807) is 6.20 Å². The maximum atomic E-state index is 11.7. The minimum atomic E-state index is -0.389. The number of thiophene rings is 1. The van der Waals surface area contributed by atoms with E-state index < -0.39 is 0 Å². The molecule has 2 heterocycles. The molecule has 0 atom stereocenters. The predicted molar refractivity (Wildman–Crippen MR) is 78.3 cm³/mol. The summed E-state index contributed by atoms with van der Waals surface area (Å²) in [6.07, 6.45) is 3.60. The van der Waals surface area contributed by atoms with E-state index in [0.29, 0.717) is 4.88 Å². The van der Waals surface area contributed by atoms with Crippen LogP contribution in [0.3, 0.4) is 0 Å². The van der Waals surface area contributed by atoms with Crippen LogP contribution in [-0.4, -0.2) is 10.9 Å². The molecule has 0 aliphatic heterocycles. The Morgan fingerprint density at radius 1 is 1.21 bits per heavy atom. The lowest BCUT2D eigenvalue weighted by molar-refractivity contribution is 0.100. The Morgan fingerprint density at radius 2 is 1.95 bits per heavy atom. The molecule has 0 radical (unpaired) electrons. The summed E-state index contributed by atoms with van der Waals surface area (Å²) in [7, 11) is 0.